The average molecular weight is 346 g/mol. The quantitative estimate of drug-likeness (QED) is 0.795. The van der Waals surface area contributed by atoms with Gasteiger partial charge < -0.3 is 15.5 Å². The van der Waals surface area contributed by atoms with Crippen molar-refractivity contribution < 1.29 is 4.79 Å². The summed E-state index contributed by atoms with van der Waals surface area (Å²) in [6.07, 6.45) is 8.71. The van der Waals surface area contributed by atoms with Crippen LogP contribution in [-0.4, -0.2) is 40.3 Å². The molecule has 2 aliphatic rings. The van der Waals surface area contributed by atoms with E-state index in [1.54, 1.807) is 11.3 Å². The Bertz CT molecular complexity index is 677. The Balaban J connectivity index is 1.27. The lowest BCUT2D eigenvalue weighted by Crippen LogP contribution is -2.48. The van der Waals surface area contributed by atoms with Crippen LogP contribution in [0.4, 0.5) is 9.93 Å². The van der Waals surface area contributed by atoms with E-state index in [2.05, 4.69) is 30.7 Å². The summed E-state index contributed by atoms with van der Waals surface area (Å²) in [5, 5.41) is 16.4. The molecule has 1 atom stereocenters. The molecule has 0 spiro atoms. The van der Waals surface area contributed by atoms with Crippen molar-refractivity contribution in [1.29, 1.82) is 0 Å². The highest BCUT2D eigenvalue weighted by atomic mass is 32.1. The summed E-state index contributed by atoms with van der Waals surface area (Å²) in [5.74, 6) is 0. The second-order valence-corrected chi connectivity index (χ2v) is 7.32. The molecule has 128 valence electrons. The molecule has 1 aliphatic carbocycles. The smallest absolute Gasteiger partial charge is 0.315 e. The second kappa shape index (κ2) is 6.80. The number of nitrogens with one attached hydrogen (secondary N) is 3. The molecular formula is C16H22N6OS. The molecule has 0 saturated carbocycles. The molecule has 0 radical (unpaired) electrons. The molecule has 2 aromatic rings. The summed E-state index contributed by atoms with van der Waals surface area (Å²) in [7, 11) is 0. The van der Waals surface area contributed by atoms with Gasteiger partial charge in [-0.15, -0.1) is 11.3 Å². The molecule has 2 amide bonds. The first kappa shape index (κ1) is 15.4. The highest BCUT2D eigenvalue weighted by Gasteiger charge is 2.26. The van der Waals surface area contributed by atoms with Crippen molar-refractivity contribution in [2.45, 2.75) is 44.2 Å². The number of aromatic nitrogens is 3. The van der Waals surface area contributed by atoms with E-state index in [0.29, 0.717) is 0 Å². The van der Waals surface area contributed by atoms with Gasteiger partial charge in [0.15, 0.2) is 5.13 Å². The predicted octanol–water partition coefficient (Wildman–Crippen LogP) is 2.21. The number of aromatic amines is 1. The number of nitrogens with zero attached hydrogens (tertiary/aromatic N) is 3. The fourth-order valence-electron chi connectivity index (χ4n) is 3.58. The van der Waals surface area contributed by atoms with E-state index in [4.69, 9.17) is 0 Å². The fourth-order valence-corrected chi connectivity index (χ4v) is 4.28. The van der Waals surface area contributed by atoms with Gasteiger partial charge in [0, 0.05) is 30.7 Å². The molecule has 2 aromatic heterocycles. The first-order valence-corrected chi connectivity index (χ1v) is 9.41. The van der Waals surface area contributed by atoms with Crippen molar-refractivity contribution in [1.82, 2.24) is 25.8 Å². The molecule has 1 aliphatic heterocycles. The van der Waals surface area contributed by atoms with Crippen LogP contribution >= 0.6 is 11.3 Å². The summed E-state index contributed by atoms with van der Waals surface area (Å²) in [6.45, 7) is 1.87. The molecule has 0 bridgehead atoms. The zero-order valence-corrected chi connectivity index (χ0v) is 14.3. The van der Waals surface area contributed by atoms with Crippen molar-refractivity contribution in [2.75, 3.05) is 18.0 Å². The maximum absolute atomic E-state index is 12.3. The van der Waals surface area contributed by atoms with E-state index in [0.717, 1.165) is 56.0 Å². The summed E-state index contributed by atoms with van der Waals surface area (Å²) in [4.78, 5) is 19.0. The molecule has 1 saturated heterocycles. The Labute approximate surface area is 144 Å². The fraction of sp³-hybridized carbons (Fsp3) is 0.562. The number of carbonyl (C=O) groups is 1. The number of rotatable bonds is 3. The highest BCUT2D eigenvalue weighted by Crippen LogP contribution is 2.27. The number of amides is 2. The number of carbonyl (C=O) groups excluding carboxylic acids is 1. The van der Waals surface area contributed by atoms with Crippen molar-refractivity contribution in [3.05, 3.63) is 29.0 Å². The number of H-pyrrole nitrogens is 1. The van der Waals surface area contributed by atoms with Gasteiger partial charge in [0.2, 0.25) is 0 Å². The van der Waals surface area contributed by atoms with E-state index in [1.165, 1.54) is 5.56 Å². The molecule has 8 heteroatoms. The van der Waals surface area contributed by atoms with E-state index >= 15 is 0 Å². The van der Waals surface area contributed by atoms with Crippen LogP contribution in [0.25, 0.3) is 0 Å². The summed E-state index contributed by atoms with van der Waals surface area (Å²) >= 11 is 1.67. The third-order valence-corrected chi connectivity index (χ3v) is 5.70. The van der Waals surface area contributed by atoms with Gasteiger partial charge in [-0.25, -0.2) is 9.78 Å². The van der Waals surface area contributed by atoms with Gasteiger partial charge in [-0.1, -0.05) is 0 Å². The standard InChI is InChI=1S/C16H22N6OS/c23-15(20-13-3-1-2-11-10-18-21-14(11)13)19-12-4-7-22(8-5-12)16-17-6-9-24-16/h6,9-10,12-13H,1-5,7-8H2,(H,18,21)(H2,19,20,23)/t13-/m0/s1. The van der Waals surface area contributed by atoms with Crippen LogP contribution in [0.5, 0.6) is 0 Å². The molecule has 0 unspecified atom stereocenters. The van der Waals surface area contributed by atoms with Gasteiger partial charge in [0.1, 0.15) is 0 Å². The Hall–Kier alpha value is -2.09. The van der Waals surface area contributed by atoms with E-state index < -0.39 is 0 Å². The molecule has 3 N–H and O–H groups in total. The molecule has 24 heavy (non-hydrogen) atoms. The van der Waals surface area contributed by atoms with Crippen LogP contribution in [0.3, 0.4) is 0 Å². The molecule has 7 nitrogen and oxygen atoms in total. The third-order valence-electron chi connectivity index (χ3n) is 4.86. The molecule has 0 aromatic carbocycles. The summed E-state index contributed by atoms with van der Waals surface area (Å²) in [6, 6.07) is 0.202. The minimum atomic E-state index is -0.0739. The van der Waals surface area contributed by atoms with E-state index in [1.807, 2.05) is 17.8 Å². The van der Waals surface area contributed by atoms with Gasteiger partial charge in [0.25, 0.3) is 0 Å². The Morgan fingerprint density at radius 3 is 2.96 bits per heavy atom. The number of aryl methyl sites for hydroxylation is 1. The molecule has 1 fully saturated rings. The van der Waals surface area contributed by atoms with Crippen LogP contribution in [-0.2, 0) is 6.42 Å². The predicted molar refractivity (Wildman–Crippen MR) is 93.3 cm³/mol. The number of hydrogen-bond donors (Lipinski definition) is 3. The minimum Gasteiger partial charge on any atom is -0.348 e. The van der Waals surface area contributed by atoms with E-state index in [-0.39, 0.29) is 18.1 Å². The lowest BCUT2D eigenvalue weighted by atomic mass is 9.94. The van der Waals surface area contributed by atoms with Gasteiger partial charge in [-0.2, -0.15) is 5.10 Å². The van der Waals surface area contributed by atoms with Gasteiger partial charge in [-0.05, 0) is 37.7 Å². The van der Waals surface area contributed by atoms with Crippen LogP contribution in [0.15, 0.2) is 17.8 Å². The number of thiazole rings is 1. The van der Waals surface area contributed by atoms with Crippen molar-refractivity contribution in [3.8, 4) is 0 Å². The Morgan fingerprint density at radius 2 is 2.17 bits per heavy atom. The van der Waals surface area contributed by atoms with Crippen LogP contribution in [0.1, 0.15) is 43.0 Å². The minimum absolute atomic E-state index is 0.0478. The van der Waals surface area contributed by atoms with Gasteiger partial charge in [-0.3, -0.25) is 5.10 Å². The largest absolute Gasteiger partial charge is 0.348 e. The maximum Gasteiger partial charge on any atom is 0.315 e. The number of urea groups is 1. The maximum atomic E-state index is 12.3. The van der Waals surface area contributed by atoms with Crippen LogP contribution in [0.2, 0.25) is 0 Å². The first-order chi connectivity index (χ1) is 11.8. The lowest BCUT2D eigenvalue weighted by Gasteiger charge is -2.32. The topological polar surface area (TPSA) is 85.9 Å². The number of anilines is 1. The average Bonchev–Trinajstić information content (AvgIpc) is 3.27. The third kappa shape index (κ3) is 3.24. The van der Waals surface area contributed by atoms with E-state index in [9.17, 15) is 4.79 Å². The first-order valence-electron chi connectivity index (χ1n) is 8.53. The molecule has 3 heterocycles. The Morgan fingerprint density at radius 1 is 1.29 bits per heavy atom. The van der Waals surface area contributed by atoms with Crippen LogP contribution in [0, 0.1) is 0 Å². The normalized spacial score (nSPS) is 21.3. The number of hydrogen-bond acceptors (Lipinski definition) is 5. The monoisotopic (exact) mass is 346 g/mol. The van der Waals surface area contributed by atoms with Gasteiger partial charge >= 0.3 is 6.03 Å². The van der Waals surface area contributed by atoms with Crippen molar-refractivity contribution >= 4 is 22.5 Å². The SMILES string of the molecule is O=C(NC1CCN(c2nccs2)CC1)N[C@H]1CCCc2cn[nH]c21. The highest BCUT2D eigenvalue weighted by molar-refractivity contribution is 7.13. The van der Waals surface area contributed by atoms with Crippen molar-refractivity contribution in [2.24, 2.45) is 0 Å². The molecular weight excluding hydrogens is 324 g/mol. The zero-order valence-electron chi connectivity index (χ0n) is 13.5. The summed E-state index contributed by atoms with van der Waals surface area (Å²) in [5.41, 5.74) is 2.29. The Kier molecular flexibility index (Phi) is 4.38. The lowest BCUT2D eigenvalue weighted by molar-refractivity contribution is 0.228. The van der Waals surface area contributed by atoms with Gasteiger partial charge in [0.05, 0.1) is 17.9 Å². The van der Waals surface area contributed by atoms with Crippen LogP contribution < -0.4 is 15.5 Å². The second-order valence-electron chi connectivity index (χ2n) is 6.45. The van der Waals surface area contributed by atoms with Crippen molar-refractivity contribution in [3.63, 3.8) is 0 Å². The molecule has 4 rings (SSSR count). The zero-order chi connectivity index (χ0) is 16.4. The summed E-state index contributed by atoms with van der Waals surface area (Å²) < 4.78 is 0. The number of fused-ring (bicyclic) bond motifs is 1. The number of piperidine rings is 1.